The molecule has 0 unspecified atom stereocenters. The molecule has 1 aliphatic heterocycles. The molecule has 0 atom stereocenters. The van der Waals surface area contributed by atoms with Crippen molar-refractivity contribution >= 4 is 17.1 Å². The molecule has 0 saturated carbocycles. The summed E-state index contributed by atoms with van der Waals surface area (Å²) < 4.78 is 4.94. The number of nitrogens with zero attached hydrogens (tertiary/aromatic N) is 3. The fraction of sp³-hybridized carbons (Fsp3) is 0.387. The average molecular weight is 1090 g/mol. The number of aryl methyl sites for hydroxylation is 6. The molecule has 8 heteroatoms. The minimum absolute atomic E-state index is 0. The first-order chi connectivity index (χ1) is 16.7. The Kier molecular flexibility index (Phi) is 21.5. The molecule has 2 heterocycles. The Morgan fingerprint density at radius 1 is 0.744 bits per heavy atom. The van der Waals surface area contributed by atoms with Gasteiger partial charge in [0.05, 0.1) is 17.1 Å². The van der Waals surface area contributed by atoms with Gasteiger partial charge in [-0.1, -0.05) is 65.6 Å². The molecule has 0 N–H and O–H groups in total. The third kappa shape index (κ3) is 12.6. The molecule has 4 nitrogen and oxygen atoms in total. The van der Waals surface area contributed by atoms with Crippen LogP contribution in [0.3, 0.4) is 0 Å². The van der Waals surface area contributed by atoms with Crippen LogP contribution in [0.4, 0.5) is 11.4 Å². The minimum atomic E-state index is 0. The number of aromatic nitrogens is 1. The van der Waals surface area contributed by atoms with Crippen molar-refractivity contribution < 1.29 is 108 Å². The molecule has 0 bridgehead atoms. The van der Waals surface area contributed by atoms with Gasteiger partial charge in [0.1, 0.15) is 0 Å². The van der Waals surface area contributed by atoms with E-state index in [1.54, 1.807) is 0 Å². The van der Waals surface area contributed by atoms with Crippen molar-refractivity contribution in [3.05, 3.63) is 98.6 Å². The summed E-state index contributed by atoms with van der Waals surface area (Å²) in [4.78, 5) is 9.76. The Labute approximate surface area is 311 Å². The zero-order chi connectivity index (χ0) is 25.5. The van der Waals surface area contributed by atoms with Crippen molar-refractivity contribution in [2.75, 3.05) is 13.2 Å². The monoisotopic (exact) mass is 1090 g/mol. The maximum atomic E-state index is 4.94. The molecular formula is C31H39I3N3OU. The Bertz CT molecular complexity index is 1160. The van der Waals surface area contributed by atoms with Crippen LogP contribution in [0.2, 0.25) is 0 Å². The number of rotatable bonds is 5. The molecule has 0 spiro atoms. The van der Waals surface area contributed by atoms with Crippen LogP contribution in [0.1, 0.15) is 71.5 Å². The van der Waals surface area contributed by atoms with Gasteiger partial charge >= 0.3 is 31.1 Å². The number of aliphatic imine (C=N–C) groups is 1. The first kappa shape index (κ1) is 41.4. The van der Waals surface area contributed by atoms with Gasteiger partial charge in [-0.25, -0.2) is 0 Å². The third-order valence-corrected chi connectivity index (χ3v) is 6.15. The van der Waals surface area contributed by atoms with Gasteiger partial charge in [-0.3, -0.25) is 9.98 Å². The van der Waals surface area contributed by atoms with Crippen LogP contribution in [0.25, 0.3) is 5.32 Å². The molecule has 4 rings (SSSR count). The number of pyridine rings is 1. The molecule has 209 valence electrons. The van der Waals surface area contributed by atoms with Crippen LogP contribution in [0, 0.1) is 78.7 Å². The summed E-state index contributed by atoms with van der Waals surface area (Å²) in [6.45, 7) is 18.7. The normalized spacial score (nSPS) is 12.2. The molecule has 2 aromatic carbocycles. The van der Waals surface area contributed by atoms with Crippen molar-refractivity contribution in [3.63, 3.8) is 0 Å². The van der Waals surface area contributed by atoms with Gasteiger partial charge in [0.15, 0.2) is 0 Å². The number of halogens is 3. The van der Waals surface area contributed by atoms with Crippen molar-refractivity contribution in [1.82, 2.24) is 4.98 Å². The van der Waals surface area contributed by atoms with Crippen LogP contribution >= 0.6 is 0 Å². The molecule has 1 radical (unpaired) electrons. The average Bonchev–Trinajstić information content (AvgIpc) is 3.39. The van der Waals surface area contributed by atoms with E-state index < -0.39 is 0 Å². The number of hydrogen-bond donors (Lipinski definition) is 0. The van der Waals surface area contributed by atoms with Gasteiger partial charge in [-0.05, 0) is 84.6 Å². The van der Waals surface area contributed by atoms with E-state index in [1.165, 1.54) is 46.2 Å². The summed E-state index contributed by atoms with van der Waals surface area (Å²) in [5.74, 6) is 0. The fourth-order valence-corrected chi connectivity index (χ4v) is 4.50. The minimum Gasteiger partial charge on any atom is -1.00 e. The van der Waals surface area contributed by atoms with Crippen molar-refractivity contribution in [2.45, 2.75) is 68.2 Å². The molecule has 0 amide bonds. The van der Waals surface area contributed by atoms with Gasteiger partial charge in [0.25, 0.3) is 0 Å². The summed E-state index contributed by atoms with van der Waals surface area (Å²) in [6, 6.07) is 15.6. The van der Waals surface area contributed by atoms with Gasteiger partial charge in [0, 0.05) is 18.9 Å². The summed E-state index contributed by atoms with van der Waals surface area (Å²) in [5, 5.41) is 4.91. The maximum absolute atomic E-state index is 4.94. The van der Waals surface area contributed by atoms with Crippen LogP contribution < -0.4 is 71.9 Å². The Morgan fingerprint density at radius 3 is 1.67 bits per heavy atom. The summed E-state index contributed by atoms with van der Waals surface area (Å²) >= 11 is 0. The Morgan fingerprint density at radius 2 is 1.21 bits per heavy atom. The van der Waals surface area contributed by atoms with Gasteiger partial charge in [-0.15, -0.1) is 5.69 Å². The van der Waals surface area contributed by atoms with Gasteiger partial charge in [-0.2, -0.15) is 0 Å². The molecule has 1 aromatic heterocycles. The molecule has 3 aromatic rings. The van der Waals surface area contributed by atoms with Crippen LogP contribution in [0.15, 0.2) is 47.5 Å². The maximum Gasteiger partial charge on any atom is 4.00 e. The van der Waals surface area contributed by atoms with Crippen molar-refractivity contribution in [2.24, 2.45) is 4.99 Å². The van der Waals surface area contributed by atoms with E-state index in [2.05, 4.69) is 65.8 Å². The summed E-state index contributed by atoms with van der Waals surface area (Å²) in [6.07, 6.45) is 2.56. The van der Waals surface area contributed by atoms with Crippen molar-refractivity contribution in [1.29, 1.82) is 0 Å². The predicted molar refractivity (Wildman–Crippen MR) is 149 cm³/mol. The Balaban J connectivity index is 0. The standard InChI is InChI=1S/C27H31N3.C4H8O.3HI.U/c1-16-12-18(3)26(19(4)13-16)28-22(7)24-10-9-11-25(30-24)23(8)29-27-20(5)14-17(2)15-21(27)6;1-2-4-5-3-1;;;;/h9-15H,1-8H3;1-4H2;3*1H;/q-1;;;;;+4/p-3. The van der Waals surface area contributed by atoms with Crippen LogP contribution in [-0.4, -0.2) is 23.9 Å². The zero-order valence-corrected chi connectivity index (χ0v) is 34.9. The first-order valence-electron chi connectivity index (χ1n) is 12.5. The smallest absolute Gasteiger partial charge is 1.00 e. The van der Waals surface area contributed by atoms with Crippen LogP contribution in [-0.2, 0) is 4.74 Å². The van der Waals surface area contributed by atoms with Crippen LogP contribution in [0.5, 0.6) is 0 Å². The second-order valence-corrected chi connectivity index (χ2v) is 9.62. The molecular weight excluding hydrogens is 1050 g/mol. The molecule has 1 aliphatic rings. The fourth-order valence-electron chi connectivity index (χ4n) is 4.50. The predicted octanol–water partition coefficient (Wildman–Crippen LogP) is -0.513. The summed E-state index contributed by atoms with van der Waals surface area (Å²) in [7, 11) is 0. The summed E-state index contributed by atoms with van der Waals surface area (Å²) in [5.41, 5.74) is 12.0. The largest absolute Gasteiger partial charge is 4.00 e. The number of hydrogen-bond acceptors (Lipinski definition) is 3. The van der Waals surface area contributed by atoms with E-state index in [-0.39, 0.29) is 103 Å². The third-order valence-electron chi connectivity index (χ3n) is 6.15. The Hall–Kier alpha value is 0.262. The topological polar surface area (TPSA) is 48.6 Å². The number of benzene rings is 2. The molecule has 39 heavy (non-hydrogen) atoms. The van der Waals surface area contributed by atoms with E-state index >= 15 is 0 Å². The zero-order valence-electron chi connectivity index (χ0n) is 24.3. The van der Waals surface area contributed by atoms with E-state index in [0.29, 0.717) is 0 Å². The second-order valence-electron chi connectivity index (χ2n) is 9.62. The van der Waals surface area contributed by atoms with E-state index in [0.717, 1.165) is 47.7 Å². The van der Waals surface area contributed by atoms with E-state index in [1.807, 2.05) is 32.0 Å². The SMILES string of the molecule is C1CCOC1.C[C]([N-]c1c(C)cc(C)cc1C)c1cccc(C(C)=Nc2c(C)cc(C)cc2C)n1.[I-].[I-].[I-].[U+4]. The van der Waals surface area contributed by atoms with Crippen molar-refractivity contribution in [3.8, 4) is 0 Å². The van der Waals surface area contributed by atoms with Gasteiger partial charge in [0.2, 0.25) is 0 Å². The van der Waals surface area contributed by atoms with Gasteiger partial charge < -0.3 is 82.0 Å². The number of ether oxygens (including phenoxy) is 1. The van der Waals surface area contributed by atoms with E-state index in [9.17, 15) is 0 Å². The molecule has 1 saturated heterocycles. The molecule has 0 aliphatic carbocycles. The second kappa shape index (κ2) is 20.2. The molecule has 1 fully saturated rings. The van der Waals surface area contributed by atoms with E-state index in [4.69, 9.17) is 20.0 Å². The quantitative estimate of drug-likeness (QED) is 0.256. The first-order valence-corrected chi connectivity index (χ1v) is 12.5.